The van der Waals surface area contributed by atoms with Crippen LogP contribution in [0.4, 0.5) is 0 Å². The second-order valence-corrected chi connectivity index (χ2v) is 4.46. The van der Waals surface area contributed by atoms with Crippen LogP contribution in [0.25, 0.3) is 0 Å². The summed E-state index contributed by atoms with van der Waals surface area (Å²) in [4.78, 5) is 23.1. The molecule has 0 bridgehead atoms. The number of carbonyl (C=O) groups is 2. The van der Waals surface area contributed by atoms with Crippen molar-refractivity contribution in [2.45, 2.75) is 19.9 Å². The lowest BCUT2D eigenvalue weighted by atomic mass is 10.1. The number of nitrogens with two attached hydrogens (primary N) is 1. The highest BCUT2D eigenvalue weighted by Crippen LogP contribution is 1.99. The quantitative estimate of drug-likeness (QED) is 0.666. The fourth-order valence-electron chi connectivity index (χ4n) is 1.58. The summed E-state index contributed by atoms with van der Waals surface area (Å²) in [6.07, 6.45) is 0.622. The number of benzene rings is 1. The Morgan fingerprint density at radius 2 is 1.89 bits per heavy atom. The average molecular weight is 263 g/mol. The lowest BCUT2D eigenvalue weighted by Crippen LogP contribution is -2.39. The number of nitrogens with one attached hydrogen (secondary N) is 2. The van der Waals surface area contributed by atoms with E-state index in [4.69, 9.17) is 5.73 Å². The van der Waals surface area contributed by atoms with E-state index in [9.17, 15) is 9.59 Å². The van der Waals surface area contributed by atoms with Crippen molar-refractivity contribution in [3.63, 3.8) is 0 Å². The maximum absolute atomic E-state index is 11.6. The van der Waals surface area contributed by atoms with Crippen LogP contribution in [0, 0.1) is 5.92 Å². The minimum atomic E-state index is -0.197. The fraction of sp³-hybridized carbons (Fsp3) is 0.429. The number of rotatable bonds is 7. The number of carbonyl (C=O) groups excluding carboxylic acids is 2. The van der Waals surface area contributed by atoms with Gasteiger partial charge in [0.2, 0.25) is 11.8 Å². The van der Waals surface area contributed by atoms with E-state index >= 15 is 0 Å². The van der Waals surface area contributed by atoms with Crippen molar-refractivity contribution in [3.05, 3.63) is 35.9 Å². The zero-order chi connectivity index (χ0) is 14.1. The third-order valence-electron chi connectivity index (χ3n) is 2.80. The molecule has 0 heterocycles. The molecule has 104 valence electrons. The van der Waals surface area contributed by atoms with E-state index in [0.717, 1.165) is 5.56 Å². The van der Waals surface area contributed by atoms with Crippen LogP contribution in [0.1, 0.15) is 18.9 Å². The minimum Gasteiger partial charge on any atom is -0.350 e. The molecular formula is C14H21N3O2. The molecule has 1 rings (SSSR count). The van der Waals surface area contributed by atoms with Crippen LogP contribution in [0.2, 0.25) is 0 Å². The fourth-order valence-corrected chi connectivity index (χ4v) is 1.58. The first-order valence-corrected chi connectivity index (χ1v) is 6.42. The molecule has 5 heteroatoms. The lowest BCUT2D eigenvalue weighted by Gasteiger charge is -2.11. The summed E-state index contributed by atoms with van der Waals surface area (Å²) >= 11 is 0. The van der Waals surface area contributed by atoms with E-state index in [1.165, 1.54) is 0 Å². The molecule has 0 fully saturated rings. The van der Waals surface area contributed by atoms with E-state index in [1.807, 2.05) is 30.3 Å². The Kier molecular flexibility index (Phi) is 6.60. The SMILES string of the molecule is CC(CCN)C(=O)NCC(=O)NCc1ccccc1. The van der Waals surface area contributed by atoms with Crippen LogP contribution < -0.4 is 16.4 Å². The topological polar surface area (TPSA) is 84.2 Å². The highest BCUT2D eigenvalue weighted by molar-refractivity contribution is 5.85. The standard InChI is InChI=1S/C14H21N3O2/c1-11(7-8-15)14(19)17-10-13(18)16-9-12-5-3-2-4-6-12/h2-6,11H,7-10,15H2,1H3,(H,16,18)(H,17,19). The highest BCUT2D eigenvalue weighted by atomic mass is 16.2. The van der Waals surface area contributed by atoms with Gasteiger partial charge in [0.05, 0.1) is 6.54 Å². The molecule has 4 N–H and O–H groups in total. The van der Waals surface area contributed by atoms with E-state index in [-0.39, 0.29) is 24.3 Å². The molecule has 0 spiro atoms. The monoisotopic (exact) mass is 263 g/mol. The summed E-state index contributed by atoms with van der Waals surface area (Å²) in [7, 11) is 0. The van der Waals surface area contributed by atoms with Crippen LogP contribution in [0.15, 0.2) is 30.3 Å². The summed E-state index contributed by atoms with van der Waals surface area (Å²) in [6.45, 7) is 2.73. The van der Waals surface area contributed by atoms with Crippen LogP contribution in [-0.2, 0) is 16.1 Å². The van der Waals surface area contributed by atoms with Gasteiger partial charge in [-0.3, -0.25) is 9.59 Å². The molecule has 5 nitrogen and oxygen atoms in total. The average Bonchev–Trinajstić information content (AvgIpc) is 2.43. The van der Waals surface area contributed by atoms with Crippen molar-refractivity contribution in [3.8, 4) is 0 Å². The Hall–Kier alpha value is -1.88. The zero-order valence-electron chi connectivity index (χ0n) is 11.2. The van der Waals surface area contributed by atoms with Gasteiger partial charge in [0.25, 0.3) is 0 Å². The minimum absolute atomic E-state index is 0.000574. The first kappa shape index (κ1) is 15.2. The molecule has 1 aromatic rings. The Bertz CT molecular complexity index is 406. The van der Waals surface area contributed by atoms with Crippen LogP contribution in [0.5, 0.6) is 0 Å². The molecule has 0 saturated carbocycles. The Morgan fingerprint density at radius 1 is 1.21 bits per heavy atom. The van der Waals surface area contributed by atoms with Crippen LogP contribution >= 0.6 is 0 Å². The van der Waals surface area contributed by atoms with Crippen LogP contribution in [0.3, 0.4) is 0 Å². The van der Waals surface area contributed by atoms with Gasteiger partial charge in [0.1, 0.15) is 0 Å². The summed E-state index contributed by atoms with van der Waals surface area (Å²) in [5.74, 6) is -0.496. The maximum atomic E-state index is 11.6. The number of hydrogen-bond acceptors (Lipinski definition) is 3. The smallest absolute Gasteiger partial charge is 0.239 e. The third-order valence-corrected chi connectivity index (χ3v) is 2.80. The van der Waals surface area contributed by atoms with Gasteiger partial charge in [0.15, 0.2) is 0 Å². The molecule has 0 aliphatic rings. The molecule has 0 aromatic heterocycles. The van der Waals surface area contributed by atoms with E-state index in [1.54, 1.807) is 6.92 Å². The van der Waals surface area contributed by atoms with Crippen molar-refractivity contribution in [2.75, 3.05) is 13.1 Å². The molecule has 1 atom stereocenters. The van der Waals surface area contributed by atoms with Gasteiger partial charge in [-0.25, -0.2) is 0 Å². The largest absolute Gasteiger partial charge is 0.350 e. The highest BCUT2D eigenvalue weighted by Gasteiger charge is 2.12. The Balaban J connectivity index is 2.23. The number of hydrogen-bond donors (Lipinski definition) is 3. The van der Waals surface area contributed by atoms with Crippen molar-refractivity contribution < 1.29 is 9.59 Å². The normalized spacial score (nSPS) is 11.7. The Labute approximate surface area is 113 Å². The van der Waals surface area contributed by atoms with Gasteiger partial charge in [-0.2, -0.15) is 0 Å². The predicted molar refractivity (Wildman–Crippen MR) is 74.1 cm³/mol. The van der Waals surface area contributed by atoms with E-state index in [0.29, 0.717) is 19.5 Å². The van der Waals surface area contributed by atoms with E-state index < -0.39 is 0 Å². The van der Waals surface area contributed by atoms with Gasteiger partial charge < -0.3 is 16.4 Å². The summed E-state index contributed by atoms with van der Waals surface area (Å²) in [6, 6.07) is 9.62. The molecule has 1 aromatic carbocycles. The maximum Gasteiger partial charge on any atom is 0.239 e. The third kappa shape index (κ3) is 6.01. The van der Waals surface area contributed by atoms with Gasteiger partial charge in [-0.05, 0) is 18.5 Å². The van der Waals surface area contributed by atoms with Gasteiger partial charge in [0, 0.05) is 12.5 Å². The summed E-state index contributed by atoms with van der Waals surface area (Å²) in [5.41, 5.74) is 6.40. The first-order valence-electron chi connectivity index (χ1n) is 6.42. The Morgan fingerprint density at radius 3 is 2.53 bits per heavy atom. The molecule has 0 radical (unpaired) electrons. The van der Waals surface area contributed by atoms with Gasteiger partial charge >= 0.3 is 0 Å². The van der Waals surface area contributed by atoms with Crippen molar-refractivity contribution in [2.24, 2.45) is 11.7 Å². The van der Waals surface area contributed by atoms with Crippen molar-refractivity contribution in [1.29, 1.82) is 0 Å². The van der Waals surface area contributed by atoms with Crippen molar-refractivity contribution >= 4 is 11.8 Å². The summed E-state index contributed by atoms with van der Waals surface area (Å²) < 4.78 is 0. The zero-order valence-corrected chi connectivity index (χ0v) is 11.2. The van der Waals surface area contributed by atoms with Gasteiger partial charge in [-0.1, -0.05) is 37.3 Å². The second-order valence-electron chi connectivity index (χ2n) is 4.46. The molecule has 19 heavy (non-hydrogen) atoms. The molecule has 1 unspecified atom stereocenters. The number of amides is 2. The first-order chi connectivity index (χ1) is 9.13. The molecule has 0 saturated heterocycles. The molecule has 2 amide bonds. The summed E-state index contributed by atoms with van der Waals surface area (Å²) in [5, 5.41) is 5.34. The molecule has 0 aliphatic carbocycles. The predicted octanol–water partition coefficient (Wildman–Crippen LogP) is 0.404. The van der Waals surface area contributed by atoms with Crippen molar-refractivity contribution in [1.82, 2.24) is 10.6 Å². The van der Waals surface area contributed by atoms with Crippen LogP contribution in [-0.4, -0.2) is 24.9 Å². The second kappa shape index (κ2) is 8.26. The van der Waals surface area contributed by atoms with Gasteiger partial charge in [-0.15, -0.1) is 0 Å². The van der Waals surface area contributed by atoms with E-state index in [2.05, 4.69) is 10.6 Å². The molecule has 0 aliphatic heterocycles. The molecular weight excluding hydrogens is 242 g/mol. The lowest BCUT2D eigenvalue weighted by molar-refractivity contribution is -0.128.